The van der Waals surface area contributed by atoms with Crippen LogP contribution in [0, 0.1) is 5.82 Å². The molecule has 1 atom stereocenters. The highest BCUT2D eigenvalue weighted by Gasteiger charge is 2.28. The monoisotopic (exact) mass is 344 g/mol. The molecule has 132 valence electrons. The van der Waals surface area contributed by atoms with E-state index in [4.69, 9.17) is 5.11 Å². The van der Waals surface area contributed by atoms with Crippen molar-refractivity contribution in [2.75, 3.05) is 13.1 Å². The van der Waals surface area contributed by atoms with E-state index >= 15 is 0 Å². The number of hydrogen-bond donors (Lipinski definition) is 1. The number of likely N-dealkylation sites (tertiary alicyclic amines) is 1. The molecule has 2 fully saturated rings. The molecule has 2 heterocycles. The molecule has 0 spiro atoms. The first-order valence-corrected chi connectivity index (χ1v) is 8.76. The Morgan fingerprint density at radius 2 is 2.16 bits per heavy atom. The van der Waals surface area contributed by atoms with Crippen LogP contribution in [0.15, 0.2) is 24.4 Å². The fraction of sp³-hybridized carbons (Fsp3) is 0.500. The molecule has 0 radical (unpaired) electrons. The lowest BCUT2D eigenvalue weighted by molar-refractivity contribution is 0.0690. The van der Waals surface area contributed by atoms with Gasteiger partial charge in [-0.3, -0.25) is 4.90 Å². The number of nitrogens with zero attached hydrogens (tertiary/aromatic N) is 4. The van der Waals surface area contributed by atoms with Gasteiger partial charge in [-0.1, -0.05) is 11.3 Å². The number of carbonyl (C=O) groups is 1. The molecule has 1 saturated carbocycles. The van der Waals surface area contributed by atoms with Gasteiger partial charge in [0.2, 0.25) is 0 Å². The van der Waals surface area contributed by atoms with E-state index in [1.807, 2.05) is 6.07 Å². The average molecular weight is 344 g/mol. The zero-order valence-corrected chi connectivity index (χ0v) is 13.9. The summed E-state index contributed by atoms with van der Waals surface area (Å²) in [5.74, 6) is -0.704. The average Bonchev–Trinajstić information content (AvgIpc) is 3.32. The van der Waals surface area contributed by atoms with E-state index in [9.17, 15) is 9.18 Å². The van der Waals surface area contributed by atoms with Gasteiger partial charge < -0.3 is 5.11 Å². The fourth-order valence-corrected chi connectivity index (χ4v) is 3.67. The van der Waals surface area contributed by atoms with E-state index < -0.39 is 5.97 Å². The van der Waals surface area contributed by atoms with Crippen molar-refractivity contribution >= 4 is 5.97 Å². The number of hydrogen-bond acceptors (Lipinski definition) is 4. The van der Waals surface area contributed by atoms with Gasteiger partial charge in [0.05, 0.1) is 12.2 Å². The lowest BCUT2D eigenvalue weighted by Crippen LogP contribution is -2.36. The van der Waals surface area contributed by atoms with Gasteiger partial charge in [-0.25, -0.2) is 13.9 Å². The van der Waals surface area contributed by atoms with Gasteiger partial charge in [0.25, 0.3) is 0 Å². The minimum Gasteiger partial charge on any atom is -0.476 e. The SMILES string of the molecule is O=C(O)c1cn(C2CCCN(Cc3ccc(F)cc3C3CC3)C2)nn1. The number of aromatic carboxylic acids is 1. The third-order valence-corrected chi connectivity index (χ3v) is 5.10. The molecule has 1 aromatic carbocycles. The summed E-state index contributed by atoms with van der Waals surface area (Å²) < 4.78 is 15.3. The summed E-state index contributed by atoms with van der Waals surface area (Å²) in [5, 5.41) is 16.7. The minimum atomic E-state index is -1.06. The Morgan fingerprint density at radius 1 is 1.32 bits per heavy atom. The predicted octanol–water partition coefficient (Wildman–Crippen LogP) is 2.83. The molecule has 1 N–H and O–H groups in total. The van der Waals surface area contributed by atoms with E-state index in [0.29, 0.717) is 5.92 Å². The molecule has 2 aliphatic rings. The standard InChI is InChI=1S/C18H21FN4O2/c19-14-6-5-13(16(8-14)12-3-4-12)9-22-7-1-2-15(10-22)23-11-17(18(24)25)20-21-23/h5-6,8,11-12,15H,1-4,7,9-10H2,(H,24,25). The normalized spacial score (nSPS) is 21.4. The maximum absolute atomic E-state index is 13.6. The van der Waals surface area contributed by atoms with Crippen molar-refractivity contribution in [3.05, 3.63) is 47.0 Å². The molecule has 1 saturated heterocycles. The second-order valence-electron chi connectivity index (χ2n) is 7.04. The molecule has 6 nitrogen and oxygen atoms in total. The molecule has 2 aromatic rings. The molecule has 25 heavy (non-hydrogen) atoms. The summed E-state index contributed by atoms with van der Waals surface area (Å²) in [6, 6.07) is 5.26. The van der Waals surface area contributed by atoms with Gasteiger partial charge in [-0.05, 0) is 61.4 Å². The van der Waals surface area contributed by atoms with Gasteiger partial charge in [0.15, 0.2) is 5.69 Å². The van der Waals surface area contributed by atoms with Crippen molar-refractivity contribution in [2.45, 2.75) is 44.2 Å². The number of aromatic nitrogens is 3. The van der Waals surface area contributed by atoms with Crippen molar-refractivity contribution in [3.63, 3.8) is 0 Å². The van der Waals surface area contributed by atoms with Crippen LogP contribution in [-0.2, 0) is 6.54 Å². The Labute approximate surface area is 145 Å². The van der Waals surface area contributed by atoms with Crippen LogP contribution in [-0.4, -0.2) is 44.1 Å². The first-order chi connectivity index (χ1) is 12.1. The van der Waals surface area contributed by atoms with Crippen LogP contribution in [0.3, 0.4) is 0 Å². The third-order valence-electron chi connectivity index (χ3n) is 5.10. The molecular weight excluding hydrogens is 323 g/mol. The zero-order valence-electron chi connectivity index (χ0n) is 13.9. The largest absolute Gasteiger partial charge is 0.476 e. The number of benzene rings is 1. The number of piperidine rings is 1. The quantitative estimate of drug-likeness (QED) is 0.903. The maximum atomic E-state index is 13.6. The van der Waals surface area contributed by atoms with E-state index in [-0.39, 0.29) is 17.6 Å². The highest BCUT2D eigenvalue weighted by Crippen LogP contribution is 2.42. The highest BCUT2D eigenvalue weighted by atomic mass is 19.1. The van der Waals surface area contributed by atoms with Gasteiger partial charge in [0, 0.05) is 13.1 Å². The fourth-order valence-electron chi connectivity index (χ4n) is 3.67. The molecule has 0 bridgehead atoms. The summed E-state index contributed by atoms with van der Waals surface area (Å²) in [5.41, 5.74) is 2.33. The molecule has 1 aliphatic heterocycles. The first kappa shape index (κ1) is 16.2. The van der Waals surface area contributed by atoms with Crippen LogP contribution in [0.5, 0.6) is 0 Å². The molecular formula is C18H21FN4O2. The number of carboxylic acid groups (broad SMARTS) is 1. The lowest BCUT2D eigenvalue weighted by atomic mass is 10.0. The van der Waals surface area contributed by atoms with Crippen LogP contribution in [0.25, 0.3) is 0 Å². The third kappa shape index (κ3) is 3.56. The Morgan fingerprint density at radius 3 is 2.88 bits per heavy atom. The zero-order chi connectivity index (χ0) is 17.4. The maximum Gasteiger partial charge on any atom is 0.358 e. The second-order valence-corrected chi connectivity index (χ2v) is 7.04. The summed E-state index contributed by atoms with van der Waals surface area (Å²) in [6.45, 7) is 2.57. The molecule has 7 heteroatoms. The summed E-state index contributed by atoms with van der Waals surface area (Å²) in [4.78, 5) is 13.3. The van der Waals surface area contributed by atoms with Crippen molar-refractivity contribution in [1.29, 1.82) is 0 Å². The summed E-state index contributed by atoms with van der Waals surface area (Å²) >= 11 is 0. The Balaban J connectivity index is 1.47. The van der Waals surface area contributed by atoms with Gasteiger partial charge >= 0.3 is 5.97 Å². The van der Waals surface area contributed by atoms with Gasteiger partial charge in [0.1, 0.15) is 5.82 Å². The van der Waals surface area contributed by atoms with Gasteiger partial charge in [-0.15, -0.1) is 5.10 Å². The Bertz CT molecular complexity index is 787. The minimum absolute atomic E-state index is 0.0216. The van der Waals surface area contributed by atoms with Crippen LogP contribution in [0.4, 0.5) is 4.39 Å². The van der Waals surface area contributed by atoms with Crippen LogP contribution < -0.4 is 0 Å². The molecule has 1 aliphatic carbocycles. The topological polar surface area (TPSA) is 71.2 Å². The van der Waals surface area contributed by atoms with Crippen molar-refractivity contribution < 1.29 is 14.3 Å². The van der Waals surface area contributed by atoms with Crippen molar-refractivity contribution in [2.24, 2.45) is 0 Å². The number of carboxylic acids is 1. The molecule has 1 unspecified atom stereocenters. The number of rotatable bonds is 5. The molecule has 4 rings (SSSR count). The van der Waals surface area contributed by atoms with Crippen molar-refractivity contribution in [1.82, 2.24) is 19.9 Å². The van der Waals surface area contributed by atoms with E-state index in [1.54, 1.807) is 16.8 Å². The lowest BCUT2D eigenvalue weighted by Gasteiger charge is -2.33. The van der Waals surface area contributed by atoms with E-state index in [2.05, 4.69) is 15.2 Å². The Kier molecular flexibility index (Phi) is 4.25. The van der Waals surface area contributed by atoms with Gasteiger partial charge in [-0.2, -0.15) is 0 Å². The van der Waals surface area contributed by atoms with E-state index in [0.717, 1.165) is 50.9 Å². The first-order valence-electron chi connectivity index (χ1n) is 8.76. The smallest absolute Gasteiger partial charge is 0.358 e. The van der Waals surface area contributed by atoms with Crippen molar-refractivity contribution in [3.8, 4) is 0 Å². The van der Waals surface area contributed by atoms with Crippen LogP contribution >= 0.6 is 0 Å². The molecule has 1 aromatic heterocycles. The summed E-state index contributed by atoms with van der Waals surface area (Å²) in [6.07, 6.45) is 5.78. The Hall–Kier alpha value is -2.28. The molecule has 0 amide bonds. The van der Waals surface area contributed by atoms with E-state index in [1.165, 1.54) is 11.8 Å². The second kappa shape index (κ2) is 6.55. The van der Waals surface area contributed by atoms with Crippen LogP contribution in [0.1, 0.15) is 59.3 Å². The number of halogens is 1. The summed E-state index contributed by atoms with van der Waals surface area (Å²) in [7, 11) is 0. The van der Waals surface area contributed by atoms with Crippen LogP contribution in [0.2, 0.25) is 0 Å². The highest BCUT2D eigenvalue weighted by molar-refractivity contribution is 5.84. The predicted molar refractivity (Wildman–Crippen MR) is 88.9 cm³/mol.